The molecule has 1 aliphatic heterocycles. The number of ether oxygens (including phenoxy) is 2. The van der Waals surface area contributed by atoms with Crippen molar-refractivity contribution in [3.05, 3.63) is 96.1 Å². The third-order valence-electron chi connectivity index (χ3n) is 4.81. The van der Waals surface area contributed by atoms with Gasteiger partial charge < -0.3 is 14.4 Å². The molecule has 27 heavy (non-hydrogen) atoms. The number of carbonyl (C=O) groups excluding carboxylic acids is 1. The first-order valence-corrected chi connectivity index (χ1v) is 8.96. The Hall–Kier alpha value is -3.27. The summed E-state index contributed by atoms with van der Waals surface area (Å²) in [5.41, 5.74) is 2.13. The Morgan fingerprint density at radius 3 is 2.07 bits per heavy atom. The zero-order chi connectivity index (χ0) is 18.6. The fourth-order valence-electron chi connectivity index (χ4n) is 3.39. The van der Waals surface area contributed by atoms with Gasteiger partial charge in [0.2, 0.25) is 6.10 Å². The molecule has 0 N–H and O–H groups in total. The number of methoxy groups -OCH3 is 1. The zero-order valence-electron chi connectivity index (χ0n) is 15.1. The number of benzene rings is 3. The summed E-state index contributed by atoms with van der Waals surface area (Å²) in [6, 6.07) is 27.2. The van der Waals surface area contributed by atoms with E-state index in [9.17, 15) is 4.79 Å². The Morgan fingerprint density at radius 2 is 1.44 bits per heavy atom. The molecule has 4 rings (SSSR count). The van der Waals surface area contributed by atoms with Crippen molar-refractivity contribution in [2.45, 2.75) is 18.7 Å². The maximum absolute atomic E-state index is 12.9. The molecule has 0 saturated carbocycles. The van der Waals surface area contributed by atoms with Crippen molar-refractivity contribution in [3.63, 3.8) is 0 Å². The predicted octanol–water partition coefficient (Wildman–Crippen LogP) is 4.23. The van der Waals surface area contributed by atoms with Crippen LogP contribution in [0.4, 0.5) is 0 Å². The number of rotatable bonds is 6. The molecule has 1 fully saturated rings. The number of para-hydroxylation sites is 1. The van der Waals surface area contributed by atoms with Crippen LogP contribution in [0.2, 0.25) is 0 Å². The predicted molar refractivity (Wildman–Crippen MR) is 104 cm³/mol. The monoisotopic (exact) mass is 359 g/mol. The molecule has 0 aliphatic carbocycles. The third-order valence-corrected chi connectivity index (χ3v) is 4.81. The van der Waals surface area contributed by atoms with Gasteiger partial charge in [-0.05, 0) is 35.4 Å². The molecule has 0 unspecified atom stereocenters. The summed E-state index contributed by atoms with van der Waals surface area (Å²) in [5, 5.41) is 0. The van der Waals surface area contributed by atoms with Gasteiger partial charge in [-0.1, -0.05) is 60.7 Å². The van der Waals surface area contributed by atoms with E-state index in [1.165, 1.54) is 0 Å². The molecule has 4 heteroatoms. The quantitative estimate of drug-likeness (QED) is 0.619. The van der Waals surface area contributed by atoms with Crippen LogP contribution in [0, 0.1) is 0 Å². The van der Waals surface area contributed by atoms with Crippen LogP contribution >= 0.6 is 0 Å². The van der Waals surface area contributed by atoms with Gasteiger partial charge in [0.1, 0.15) is 17.5 Å². The maximum atomic E-state index is 12.9. The van der Waals surface area contributed by atoms with Gasteiger partial charge >= 0.3 is 0 Å². The van der Waals surface area contributed by atoms with Crippen molar-refractivity contribution in [3.8, 4) is 11.5 Å². The Labute approximate surface area is 159 Å². The second-order valence-electron chi connectivity index (χ2n) is 6.52. The Balaban J connectivity index is 1.61. The molecule has 0 spiro atoms. The summed E-state index contributed by atoms with van der Waals surface area (Å²) in [7, 11) is 1.64. The first-order chi connectivity index (χ1) is 13.3. The maximum Gasteiger partial charge on any atom is 0.267 e. The summed E-state index contributed by atoms with van der Waals surface area (Å²) >= 11 is 0. The molecule has 136 valence electrons. The van der Waals surface area contributed by atoms with E-state index in [1.54, 1.807) is 7.11 Å². The first kappa shape index (κ1) is 17.2. The lowest BCUT2D eigenvalue weighted by Crippen LogP contribution is -2.60. The van der Waals surface area contributed by atoms with Crippen LogP contribution in [0.3, 0.4) is 0 Å². The van der Waals surface area contributed by atoms with E-state index < -0.39 is 6.10 Å². The van der Waals surface area contributed by atoms with Gasteiger partial charge in [-0.25, -0.2) is 0 Å². The van der Waals surface area contributed by atoms with Gasteiger partial charge in [0.25, 0.3) is 5.91 Å². The van der Waals surface area contributed by atoms with Gasteiger partial charge in [0, 0.05) is 6.54 Å². The van der Waals surface area contributed by atoms with Gasteiger partial charge in [-0.2, -0.15) is 0 Å². The Bertz CT molecular complexity index is 842. The number of carbonyl (C=O) groups is 1. The van der Waals surface area contributed by atoms with Crippen LogP contribution in [0.25, 0.3) is 0 Å². The van der Waals surface area contributed by atoms with E-state index in [0.29, 0.717) is 12.3 Å². The van der Waals surface area contributed by atoms with E-state index in [4.69, 9.17) is 9.47 Å². The average molecular weight is 359 g/mol. The van der Waals surface area contributed by atoms with E-state index in [-0.39, 0.29) is 11.9 Å². The minimum Gasteiger partial charge on any atom is -0.497 e. The number of hydrogen-bond acceptors (Lipinski definition) is 3. The molecule has 1 amide bonds. The minimum absolute atomic E-state index is 0.00326. The van der Waals surface area contributed by atoms with E-state index in [0.717, 1.165) is 16.9 Å². The normalized spacial score (nSPS) is 18.7. The Morgan fingerprint density at radius 1 is 0.815 bits per heavy atom. The smallest absolute Gasteiger partial charge is 0.267 e. The van der Waals surface area contributed by atoms with Crippen LogP contribution in [0.15, 0.2) is 84.9 Å². The molecular formula is C23H21NO3. The van der Waals surface area contributed by atoms with Gasteiger partial charge in [-0.3, -0.25) is 4.79 Å². The molecule has 1 saturated heterocycles. The lowest BCUT2D eigenvalue weighted by atomic mass is 9.89. The number of nitrogens with zero attached hydrogens (tertiary/aromatic N) is 1. The van der Waals surface area contributed by atoms with Crippen LogP contribution < -0.4 is 9.47 Å². The van der Waals surface area contributed by atoms with Crippen LogP contribution in [0.5, 0.6) is 11.5 Å². The third kappa shape index (κ3) is 3.51. The van der Waals surface area contributed by atoms with Crippen molar-refractivity contribution in [2.24, 2.45) is 0 Å². The lowest BCUT2D eigenvalue weighted by Gasteiger charge is -2.46. The highest BCUT2D eigenvalue weighted by atomic mass is 16.5. The molecule has 3 aromatic rings. The molecule has 2 atom stereocenters. The lowest BCUT2D eigenvalue weighted by molar-refractivity contribution is -0.165. The van der Waals surface area contributed by atoms with Crippen molar-refractivity contribution in [1.29, 1.82) is 0 Å². The van der Waals surface area contributed by atoms with Gasteiger partial charge in [0.05, 0.1) is 7.11 Å². The van der Waals surface area contributed by atoms with Gasteiger partial charge in [-0.15, -0.1) is 0 Å². The molecule has 3 aromatic carbocycles. The fraction of sp³-hybridized carbons (Fsp3) is 0.174. The van der Waals surface area contributed by atoms with E-state index in [1.807, 2.05) is 89.8 Å². The topological polar surface area (TPSA) is 38.8 Å². The van der Waals surface area contributed by atoms with Crippen LogP contribution in [-0.4, -0.2) is 24.0 Å². The Kier molecular flexibility index (Phi) is 4.79. The minimum atomic E-state index is -0.524. The fourth-order valence-corrected chi connectivity index (χ4v) is 3.39. The number of hydrogen-bond donors (Lipinski definition) is 0. The summed E-state index contributed by atoms with van der Waals surface area (Å²) < 4.78 is 11.3. The molecule has 4 nitrogen and oxygen atoms in total. The van der Waals surface area contributed by atoms with Crippen molar-refractivity contribution in [2.75, 3.05) is 7.11 Å². The second kappa shape index (κ2) is 7.54. The summed E-state index contributed by atoms with van der Waals surface area (Å²) in [4.78, 5) is 14.7. The number of likely N-dealkylation sites (tertiary alicyclic amines) is 1. The first-order valence-electron chi connectivity index (χ1n) is 8.96. The summed E-state index contributed by atoms with van der Waals surface area (Å²) in [6.45, 7) is 0.561. The zero-order valence-corrected chi connectivity index (χ0v) is 15.1. The molecule has 1 heterocycles. The van der Waals surface area contributed by atoms with Crippen molar-refractivity contribution < 1.29 is 14.3 Å². The van der Waals surface area contributed by atoms with Crippen LogP contribution in [-0.2, 0) is 11.3 Å². The molecule has 0 aromatic heterocycles. The average Bonchev–Trinajstić information content (AvgIpc) is 2.74. The highest BCUT2D eigenvalue weighted by Gasteiger charge is 2.50. The van der Waals surface area contributed by atoms with Crippen molar-refractivity contribution in [1.82, 2.24) is 4.90 Å². The summed E-state index contributed by atoms with van der Waals surface area (Å²) in [5.74, 6) is 1.50. The SMILES string of the molecule is COc1ccc([C@H]2[C@H](Oc3ccccc3)C(=O)N2Cc2ccccc2)cc1. The standard InChI is InChI=1S/C23H21NO3/c1-26-19-14-12-18(13-15-19)21-22(27-20-10-6-3-7-11-20)23(25)24(21)16-17-8-4-2-5-9-17/h2-15,21-22H,16H2,1H3/t21-,22-/m0/s1. The van der Waals surface area contributed by atoms with Crippen molar-refractivity contribution >= 4 is 5.91 Å². The largest absolute Gasteiger partial charge is 0.497 e. The van der Waals surface area contributed by atoms with Crippen LogP contribution in [0.1, 0.15) is 17.2 Å². The molecule has 1 aliphatic rings. The highest BCUT2D eigenvalue weighted by Crippen LogP contribution is 2.39. The summed E-state index contributed by atoms with van der Waals surface area (Å²) in [6.07, 6.45) is -0.524. The second-order valence-corrected chi connectivity index (χ2v) is 6.52. The van der Waals surface area contributed by atoms with Gasteiger partial charge in [0.15, 0.2) is 0 Å². The highest BCUT2D eigenvalue weighted by molar-refractivity contribution is 5.89. The molecular weight excluding hydrogens is 338 g/mol. The van der Waals surface area contributed by atoms with E-state index in [2.05, 4.69) is 0 Å². The number of β-lactam (4-membered cyclic amide) rings is 1. The molecule has 0 radical (unpaired) electrons. The molecule has 0 bridgehead atoms. The number of amides is 1. The van der Waals surface area contributed by atoms with E-state index >= 15 is 0 Å².